The van der Waals surface area contributed by atoms with Crippen LogP contribution in [-0.4, -0.2) is 42.1 Å². The molecule has 1 saturated heterocycles. The Morgan fingerprint density at radius 2 is 1.92 bits per heavy atom. The van der Waals surface area contributed by atoms with E-state index in [1.165, 1.54) is 0 Å². The van der Waals surface area contributed by atoms with E-state index in [1.54, 1.807) is 0 Å². The third-order valence-electron chi connectivity index (χ3n) is 4.31. The Labute approximate surface area is 150 Å². The minimum atomic E-state index is -0.354. The third kappa shape index (κ3) is 6.77. The molecule has 0 spiro atoms. The first-order valence-electron chi connectivity index (χ1n) is 9.14. The van der Waals surface area contributed by atoms with E-state index in [0.717, 1.165) is 44.3 Å². The lowest BCUT2D eigenvalue weighted by molar-refractivity contribution is 0.0785. The largest absolute Gasteiger partial charge is 0.450 e. The highest BCUT2D eigenvalue weighted by atomic mass is 16.5. The molecule has 0 radical (unpaired) electrons. The molecule has 0 saturated carbocycles. The van der Waals surface area contributed by atoms with Crippen molar-refractivity contribution in [1.82, 2.24) is 10.2 Å². The van der Waals surface area contributed by atoms with Crippen molar-refractivity contribution in [2.24, 2.45) is 5.92 Å². The monoisotopic (exact) mass is 346 g/mol. The van der Waals surface area contributed by atoms with Crippen LogP contribution in [0.15, 0.2) is 30.3 Å². The van der Waals surface area contributed by atoms with E-state index in [4.69, 9.17) is 4.74 Å². The van der Waals surface area contributed by atoms with Gasteiger partial charge in [-0.15, -0.1) is 0 Å². The van der Waals surface area contributed by atoms with Crippen LogP contribution >= 0.6 is 0 Å². The predicted octanol–water partition coefficient (Wildman–Crippen LogP) is 3.84. The second-order valence-electron chi connectivity index (χ2n) is 7.78. The molecule has 1 aliphatic heterocycles. The van der Waals surface area contributed by atoms with E-state index in [1.807, 2.05) is 56.0 Å². The summed E-state index contributed by atoms with van der Waals surface area (Å²) >= 11 is 0. The van der Waals surface area contributed by atoms with Crippen molar-refractivity contribution in [2.45, 2.75) is 52.0 Å². The van der Waals surface area contributed by atoms with Gasteiger partial charge in [0.25, 0.3) is 5.91 Å². The summed E-state index contributed by atoms with van der Waals surface area (Å²) in [4.78, 5) is 25.9. The van der Waals surface area contributed by atoms with Crippen LogP contribution < -0.4 is 5.32 Å². The molecule has 5 nitrogen and oxygen atoms in total. The summed E-state index contributed by atoms with van der Waals surface area (Å²) in [6.07, 6.45) is 3.65. The van der Waals surface area contributed by atoms with Crippen molar-refractivity contribution in [3.8, 4) is 0 Å². The van der Waals surface area contributed by atoms with Gasteiger partial charge in [0.2, 0.25) is 0 Å². The fraction of sp³-hybridized carbons (Fsp3) is 0.600. The molecule has 1 unspecified atom stereocenters. The number of carbonyl (C=O) groups excluding carboxylic acids is 2. The van der Waals surface area contributed by atoms with E-state index < -0.39 is 0 Å². The normalized spacial score (nSPS) is 17.4. The van der Waals surface area contributed by atoms with Crippen LogP contribution in [-0.2, 0) is 4.74 Å². The van der Waals surface area contributed by atoms with Gasteiger partial charge in [-0.2, -0.15) is 0 Å². The number of amides is 2. The van der Waals surface area contributed by atoms with Crippen molar-refractivity contribution >= 4 is 12.0 Å². The van der Waals surface area contributed by atoms with Gasteiger partial charge < -0.3 is 15.0 Å². The number of hydrogen-bond donors (Lipinski definition) is 1. The number of hydrogen-bond acceptors (Lipinski definition) is 3. The first kappa shape index (κ1) is 19.3. The summed E-state index contributed by atoms with van der Waals surface area (Å²) in [7, 11) is 0. The number of ether oxygens (including phenoxy) is 1. The zero-order chi connectivity index (χ0) is 18.3. The lowest BCUT2D eigenvalue weighted by Crippen LogP contribution is -2.41. The highest BCUT2D eigenvalue weighted by Crippen LogP contribution is 2.23. The fourth-order valence-corrected chi connectivity index (χ4v) is 3.06. The van der Waals surface area contributed by atoms with Crippen LogP contribution in [0.1, 0.15) is 56.8 Å². The number of nitrogens with zero attached hydrogens (tertiary/aromatic N) is 1. The van der Waals surface area contributed by atoms with Crippen molar-refractivity contribution in [3.05, 3.63) is 35.9 Å². The van der Waals surface area contributed by atoms with Crippen LogP contribution in [0.5, 0.6) is 0 Å². The van der Waals surface area contributed by atoms with Crippen LogP contribution in [0, 0.1) is 5.92 Å². The van der Waals surface area contributed by atoms with Gasteiger partial charge in [0.15, 0.2) is 0 Å². The molecule has 1 aliphatic rings. The molecule has 0 aromatic heterocycles. The topological polar surface area (TPSA) is 58.6 Å². The second-order valence-corrected chi connectivity index (χ2v) is 7.78. The number of likely N-dealkylation sites (tertiary alicyclic amines) is 1. The molecule has 1 N–H and O–H groups in total. The predicted molar refractivity (Wildman–Crippen MR) is 98.5 cm³/mol. The van der Waals surface area contributed by atoms with E-state index in [2.05, 4.69) is 5.32 Å². The number of benzene rings is 1. The summed E-state index contributed by atoms with van der Waals surface area (Å²) in [6, 6.07) is 9.46. The van der Waals surface area contributed by atoms with Crippen LogP contribution in [0.4, 0.5) is 4.79 Å². The first-order valence-corrected chi connectivity index (χ1v) is 9.14. The zero-order valence-electron chi connectivity index (χ0n) is 15.6. The molecule has 2 rings (SSSR count). The van der Waals surface area contributed by atoms with E-state index >= 15 is 0 Å². The van der Waals surface area contributed by atoms with Crippen molar-refractivity contribution in [3.63, 3.8) is 0 Å². The maximum Gasteiger partial charge on any atom is 0.407 e. The molecule has 0 bridgehead atoms. The summed E-state index contributed by atoms with van der Waals surface area (Å²) in [6.45, 7) is 7.90. The molecular formula is C20H30N2O3. The minimum absolute atomic E-state index is 0.130. The quantitative estimate of drug-likeness (QED) is 0.796. The van der Waals surface area contributed by atoms with Gasteiger partial charge in [-0.3, -0.25) is 4.79 Å². The summed E-state index contributed by atoms with van der Waals surface area (Å²) in [5.74, 6) is 0.682. The van der Waals surface area contributed by atoms with Crippen molar-refractivity contribution in [1.29, 1.82) is 0 Å². The molecule has 1 aromatic rings. The van der Waals surface area contributed by atoms with Crippen LogP contribution in [0.3, 0.4) is 0 Å². The smallest absolute Gasteiger partial charge is 0.407 e. The lowest BCUT2D eigenvalue weighted by atomic mass is 10.0. The molecule has 1 fully saturated rings. The molecule has 2 amide bonds. The molecule has 1 atom stereocenters. The van der Waals surface area contributed by atoms with E-state index in [0.29, 0.717) is 12.5 Å². The maximum atomic E-state index is 12.4. The summed E-state index contributed by atoms with van der Waals surface area (Å²) in [5.41, 5.74) is 0.497. The van der Waals surface area contributed by atoms with Gasteiger partial charge in [-0.25, -0.2) is 4.79 Å². The Morgan fingerprint density at radius 3 is 2.60 bits per heavy atom. The Morgan fingerprint density at radius 1 is 1.20 bits per heavy atom. The van der Waals surface area contributed by atoms with Gasteiger partial charge in [0.05, 0.1) is 6.61 Å². The Bertz CT molecular complexity index is 566. The second kappa shape index (κ2) is 8.88. The number of carbonyl (C=O) groups is 2. The highest BCUT2D eigenvalue weighted by molar-refractivity contribution is 5.94. The van der Waals surface area contributed by atoms with E-state index in [-0.39, 0.29) is 17.5 Å². The number of nitrogens with one attached hydrogen (secondary N) is 1. The molecule has 1 aromatic carbocycles. The van der Waals surface area contributed by atoms with Gasteiger partial charge >= 0.3 is 6.09 Å². The highest BCUT2D eigenvalue weighted by Gasteiger charge is 2.26. The maximum absolute atomic E-state index is 12.4. The average Bonchev–Trinajstić information content (AvgIpc) is 3.02. The molecule has 1 heterocycles. The van der Waals surface area contributed by atoms with Crippen LogP contribution in [0.25, 0.3) is 0 Å². The average molecular weight is 346 g/mol. The fourth-order valence-electron chi connectivity index (χ4n) is 3.06. The van der Waals surface area contributed by atoms with Crippen molar-refractivity contribution < 1.29 is 14.3 Å². The van der Waals surface area contributed by atoms with Crippen LogP contribution in [0.2, 0.25) is 0 Å². The van der Waals surface area contributed by atoms with Crippen molar-refractivity contribution in [2.75, 3.05) is 19.7 Å². The molecular weight excluding hydrogens is 316 g/mol. The minimum Gasteiger partial charge on any atom is -0.450 e. The summed E-state index contributed by atoms with van der Waals surface area (Å²) in [5, 5.41) is 2.78. The SMILES string of the molecule is CC(C)(C)NC(=O)OCCCCC1CCN(C(=O)c2ccccc2)C1. The number of unbranched alkanes of at least 4 members (excludes halogenated alkanes) is 1. The van der Waals surface area contributed by atoms with Gasteiger partial charge in [-0.1, -0.05) is 18.2 Å². The Balaban J connectivity index is 1.61. The third-order valence-corrected chi connectivity index (χ3v) is 4.31. The number of alkyl carbamates (subject to hydrolysis) is 1. The van der Waals surface area contributed by atoms with Gasteiger partial charge in [0, 0.05) is 24.2 Å². The lowest BCUT2D eigenvalue weighted by Gasteiger charge is -2.20. The Kier molecular flexibility index (Phi) is 6.85. The standard InChI is InChI=1S/C20H30N2O3/c1-20(2,3)21-19(24)25-14-8-7-9-16-12-13-22(15-16)18(23)17-10-5-4-6-11-17/h4-6,10-11,16H,7-9,12-15H2,1-3H3,(H,21,24). The zero-order valence-corrected chi connectivity index (χ0v) is 15.6. The molecule has 5 heteroatoms. The molecule has 0 aliphatic carbocycles. The molecule has 25 heavy (non-hydrogen) atoms. The van der Waals surface area contributed by atoms with Gasteiger partial charge in [-0.05, 0) is 64.5 Å². The first-order chi connectivity index (χ1) is 11.8. The summed E-state index contributed by atoms with van der Waals surface area (Å²) < 4.78 is 5.19. The molecule has 138 valence electrons. The number of rotatable bonds is 6. The van der Waals surface area contributed by atoms with Gasteiger partial charge in [0.1, 0.15) is 0 Å². The Hall–Kier alpha value is -2.04. The van der Waals surface area contributed by atoms with E-state index in [9.17, 15) is 9.59 Å².